The van der Waals surface area contributed by atoms with Crippen molar-refractivity contribution in [3.8, 4) is 0 Å². The summed E-state index contributed by atoms with van der Waals surface area (Å²) in [7, 11) is 0. The van der Waals surface area contributed by atoms with E-state index in [1.807, 2.05) is 19.1 Å². The van der Waals surface area contributed by atoms with Crippen molar-refractivity contribution in [3.05, 3.63) is 34.3 Å². The van der Waals surface area contributed by atoms with Crippen LogP contribution in [0.4, 0.5) is 0 Å². The second-order valence-electron chi connectivity index (χ2n) is 3.90. The maximum Gasteiger partial charge on any atom is 0.336 e. The molecule has 1 aliphatic rings. The van der Waals surface area contributed by atoms with Gasteiger partial charge < -0.3 is 4.74 Å². The summed E-state index contributed by atoms with van der Waals surface area (Å²) >= 11 is 3.40. The lowest BCUT2D eigenvalue weighted by atomic mass is 10.1. The first-order chi connectivity index (χ1) is 8.20. The van der Waals surface area contributed by atoms with Crippen LogP contribution in [-0.4, -0.2) is 24.3 Å². The summed E-state index contributed by atoms with van der Waals surface area (Å²) in [5.74, 6) is -0.210. The van der Waals surface area contributed by atoms with Crippen LogP contribution in [0.1, 0.15) is 18.9 Å². The Kier molecular flexibility index (Phi) is 3.94. The third-order valence-corrected chi connectivity index (χ3v) is 3.16. The number of carbonyl (C=O) groups is 1. The van der Waals surface area contributed by atoms with Gasteiger partial charge in [-0.2, -0.15) is 0 Å². The van der Waals surface area contributed by atoms with E-state index in [0.29, 0.717) is 6.61 Å². The molecule has 1 atom stereocenters. The van der Waals surface area contributed by atoms with Crippen LogP contribution in [0.2, 0.25) is 0 Å². The summed E-state index contributed by atoms with van der Waals surface area (Å²) in [5, 5.41) is 0. The minimum atomic E-state index is -0.287. The number of halogens is 1. The van der Waals surface area contributed by atoms with Crippen LogP contribution in [0.15, 0.2) is 33.7 Å². The summed E-state index contributed by atoms with van der Waals surface area (Å²) in [6.45, 7) is 2.23. The highest BCUT2D eigenvalue weighted by Gasteiger charge is 2.35. The molecule has 0 spiro atoms. The topological polar surface area (TPSA) is 38.7 Å². The normalized spacial score (nSPS) is 17.5. The van der Waals surface area contributed by atoms with Gasteiger partial charge in [-0.1, -0.05) is 28.1 Å². The van der Waals surface area contributed by atoms with E-state index >= 15 is 0 Å². The van der Waals surface area contributed by atoms with Crippen molar-refractivity contribution >= 4 is 27.6 Å². The van der Waals surface area contributed by atoms with Gasteiger partial charge in [0, 0.05) is 4.47 Å². The van der Waals surface area contributed by atoms with Gasteiger partial charge in [-0.25, -0.2) is 4.79 Å². The van der Waals surface area contributed by atoms with E-state index in [-0.39, 0.29) is 12.0 Å². The van der Waals surface area contributed by atoms with E-state index in [9.17, 15) is 4.79 Å². The molecule has 0 aromatic heterocycles. The Balaban J connectivity index is 1.76. The van der Waals surface area contributed by atoms with Crippen molar-refractivity contribution in [1.29, 1.82) is 0 Å². The quantitative estimate of drug-likeness (QED) is 0.784. The summed E-state index contributed by atoms with van der Waals surface area (Å²) in [6, 6.07) is 7.91. The first-order valence-electron chi connectivity index (χ1n) is 5.68. The molecular weight excluding hydrogens is 282 g/mol. The van der Waals surface area contributed by atoms with Gasteiger partial charge in [0.25, 0.3) is 0 Å². The number of carbonyl (C=O) groups excluding carboxylic acids is 1. The van der Waals surface area contributed by atoms with Crippen LogP contribution in [0.25, 0.3) is 0 Å². The van der Waals surface area contributed by atoms with E-state index < -0.39 is 0 Å². The number of nitrogens with zero attached hydrogens (tertiary/aromatic N) is 1. The van der Waals surface area contributed by atoms with E-state index in [0.717, 1.165) is 23.0 Å². The molecule has 4 heteroatoms. The Hall–Kier alpha value is -1.16. The zero-order valence-electron chi connectivity index (χ0n) is 9.65. The van der Waals surface area contributed by atoms with Crippen LogP contribution >= 0.6 is 15.9 Å². The van der Waals surface area contributed by atoms with Gasteiger partial charge in [0.15, 0.2) is 6.04 Å². The average Bonchev–Trinajstić information content (AvgIpc) is 3.08. The molecule has 0 saturated heterocycles. The molecule has 90 valence electrons. The highest BCUT2D eigenvalue weighted by Crippen LogP contribution is 2.19. The van der Waals surface area contributed by atoms with Gasteiger partial charge in [-0.05, 0) is 37.5 Å². The van der Waals surface area contributed by atoms with E-state index in [1.165, 1.54) is 5.56 Å². The Bertz CT molecular complexity index is 439. The molecule has 1 aromatic rings. The first kappa shape index (κ1) is 12.3. The molecule has 0 amide bonds. The standard InChI is InChI=1S/C13H14BrNO2/c1-2-17-13(16)12-11(15-12)8-5-9-3-6-10(14)7-4-9/h3-4,6-7,12H,2,5,8H2,1H3. The molecule has 0 fully saturated rings. The highest BCUT2D eigenvalue weighted by molar-refractivity contribution is 9.10. The number of rotatable bonds is 5. The van der Waals surface area contributed by atoms with Crippen LogP contribution in [-0.2, 0) is 16.0 Å². The average molecular weight is 296 g/mol. The molecule has 1 aliphatic heterocycles. The maximum absolute atomic E-state index is 11.3. The van der Waals surface area contributed by atoms with Crippen LogP contribution in [0.3, 0.4) is 0 Å². The van der Waals surface area contributed by atoms with Crippen molar-refractivity contribution in [3.63, 3.8) is 0 Å². The number of aryl methyl sites for hydroxylation is 1. The number of benzene rings is 1. The molecule has 1 heterocycles. The van der Waals surface area contributed by atoms with Crippen molar-refractivity contribution in [2.24, 2.45) is 4.99 Å². The van der Waals surface area contributed by atoms with Gasteiger partial charge in [0.1, 0.15) is 0 Å². The Morgan fingerprint density at radius 2 is 2.06 bits per heavy atom. The molecule has 3 nitrogen and oxygen atoms in total. The Labute approximate surface area is 109 Å². The summed E-state index contributed by atoms with van der Waals surface area (Å²) in [6.07, 6.45) is 1.76. The zero-order valence-corrected chi connectivity index (χ0v) is 11.2. The van der Waals surface area contributed by atoms with Crippen LogP contribution in [0.5, 0.6) is 0 Å². The fourth-order valence-electron chi connectivity index (χ4n) is 1.66. The summed E-state index contributed by atoms with van der Waals surface area (Å²) < 4.78 is 5.98. The van der Waals surface area contributed by atoms with Crippen molar-refractivity contribution in [1.82, 2.24) is 0 Å². The summed E-state index contributed by atoms with van der Waals surface area (Å²) in [4.78, 5) is 15.5. The molecule has 1 aromatic carbocycles. The lowest BCUT2D eigenvalue weighted by molar-refractivity contribution is -0.142. The fourth-order valence-corrected chi connectivity index (χ4v) is 1.93. The van der Waals surface area contributed by atoms with Gasteiger partial charge >= 0.3 is 5.97 Å². The molecule has 0 aliphatic carbocycles. The molecule has 2 rings (SSSR count). The minimum Gasteiger partial charge on any atom is -0.464 e. The number of esters is 1. The molecule has 0 N–H and O–H groups in total. The summed E-state index contributed by atoms with van der Waals surface area (Å²) in [5.41, 5.74) is 2.22. The van der Waals surface area contributed by atoms with E-state index in [1.54, 1.807) is 0 Å². The third kappa shape index (κ3) is 3.40. The van der Waals surface area contributed by atoms with Crippen molar-refractivity contribution in [2.45, 2.75) is 25.8 Å². The lowest BCUT2D eigenvalue weighted by Crippen LogP contribution is -2.16. The second kappa shape index (κ2) is 5.45. The molecule has 17 heavy (non-hydrogen) atoms. The Morgan fingerprint density at radius 3 is 2.71 bits per heavy atom. The minimum absolute atomic E-state index is 0.210. The Morgan fingerprint density at radius 1 is 1.35 bits per heavy atom. The number of hydrogen-bond acceptors (Lipinski definition) is 3. The predicted octanol–water partition coefficient (Wildman–Crippen LogP) is 2.77. The zero-order chi connectivity index (χ0) is 12.3. The van der Waals surface area contributed by atoms with Gasteiger partial charge in [-0.15, -0.1) is 0 Å². The number of ether oxygens (including phenoxy) is 1. The maximum atomic E-state index is 11.3. The van der Waals surface area contributed by atoms with Gasteiger partial charge in [0.05, 0.1) is 12.3 Å². The third-order valence-electron chi connectivity index (χ3n) is 2.64. The largest absolute Gasteiger partial charge is 0.464 e. The molecule has 0 saturated carbocycles. The number of aliphatic imine (C=N–C) groups is 1. The van der Waals surface area contributed by atoms with Crippen molar-refractivity contribution < 1.29 is 9.53 Å². The smallest absolute Gasteiger partial charge is 0.336 e. The van der Waals surface area contributed by atoms with E-state index in [2.05, 4.69) is 33.1 Å². The predicted molar refractivity (Wildman–Crippen MR) is 70.3 cm³/mol. The van der Waals surface area contributed by atoms with E-state index in [4.69, 9.17) is 4.74 Å². The molecule has 0 radical (unpaired) electrons. The molecule has 1 unspecified atom stereocenters. The lowest BCUT2D eigenvalue weighted by Gasteiger charge is -2.00. The monoisotopic (exact) mass is 295 g/mol. The molecular formula is C13H14BrNO2. The van der Waals surface area contributed by atoms with Crippen molar-refractivity contribution in [2.75, 3.05) is 6.61 Å². The SMILES string of the molecule is CCOC(=O)C1N=C1CCc1ccc(Br)cc1. The number of hydrogen-bond donors (Lipinski definition) is 0. The molecule has 0 bridgehead atoms. The van der Waals surface area contributed by atoms with Gasteiger partial charge in [-0.3, -0.25) is 4.99 Å². The van der Waals surface area contributed by atoms with Crippen LogP contribution in [0, 0.1) is 0 Å². The highest BCUT2D eigenvalue weighted by atomic mass is 79.9. The second-order valence-corrected chi connectivity index (χ2v) is 4.82. The van der Waals surface area contributed by atoms with Crippen LogP contribution < -0.4 is 0 Å². The first-order valence-corrected chi connectivity index (χ1v) is 6.47. The fraction of sp³-hybridized carbons (Fsp3) is 0.385. The van der Waals surface area contributed by atoms with Gasteiger partial charge in [0.2, 0.25) is 0 Å².